The van der Waals surface area contributed by atoms with Crippen LogP contribution in [0.2, 0.25) is 0 Å². The zero-order chi connectivity index (χ0) is 25.1. The molecule has 2 aromatic carbocycles. The number of hydrogen-bond acceptors (Lipinski definition) is 7. The Labute approximate surface area is 215 Å². The van der Waals surface area contributed by atoms with Crippen molar-refractivity contribution in [2.45, 2.75) is 43.4 Å². The highest BCUT2D eigenvalue weighted by Gasteiger charge is 2.23. The highest BCUT2D eigenvalue weighted by Crippen LogP contribution is 2.34. The molecule has 0 saturated heterocycles. The minimum atomic E-state index is 0.367. The SMILES string of the molecule is C=C(/N=N\N(C)C)c1ccc2c(c1)[nH]c1nc(Cc3ccccc3)nc(NC3CCC(SN)CC3)c12. The predicted octanol–water partition coefficient (Wildman–Crippen LogP) is 5.93. The van der Waals surface area contributed by atoms with Gasteiger partial charge in [-0.25, -0.2) is 9.97 Å². The van der Waals surface area contributed by atoms with E-state index in [9.17, 15) is 0 Å². The second kappa shape index (κ2) is 10.7. The summed E-state index contributed by atoms with van der Waals surface area (Å²) < 4.78 is 0. The fourth-order valence-corrected chi connectivity index (χ4v) is 5.27. The van der Waals surface area contributed by atoms with Crippen LogP contribution in [0.5, 0.6) is 0 Å². The molecule has 0 bridgehead atoms. The molecule has 1 saturated carbocycles. The lowest BCUT2D eigenvalue weighted by Crippen LogP contribution is -2.28. The van der Waals surface area contributed by atoms with E-state index in [4.69, 9.17) is 15.1 Å². The van der Waals surface area contributed by atoms with E-state index in [0.29, 0.717) is 23.4 Å². The number of nitrogens with two attached hydrogens (primary N) is 1. The van der Waals surface area contributed by atoms with Crippen molar-refractivity contribution in [2.24, 2.45) is 15.5 Å². The topological polar surface area (TPSA) is 108 Å². The number of fused-ring (bicyclic) bond motifs is 3. The monoisotopic (exact) mass is 500 g/mol. The van der Waals surface area contributed by atoms with E-state index in [1.807, 2.05) is 38.4 Å². The van der Waals surface area contributed by atoms with Crippen LogP contribution >= 0.6 is 11.9 Å². The quantitative estimate of drug-likeness (QED) is 0.157. The van der Waals surface area contributed by atoms with Gasteiger partial charge in [0.15, 0.2) is 0 Å². The van der Waals surface area contributed by atoms with Crippen molar-refractivity contribution in [3.63, 3.8) is 0 Å². The van der Waals surface area contributed by atoms with Crippen molar-refractivity contribution in [1.82, 2.24) is 20.0 Å². The van der Waals surface area contributed by atoms with Gasteiger partial charge in [-0.2, -0.15) is 0 Å². The van der Waals surface area contributed by atoms with E-state index in [0.717, 1.165) is 64.8 Å². The smallest absolute Gasteiger partial charge is 0.144 e. The highest BCUT2D eigenvalue weighted by molar-refractivity contribution is 7.97. The molecule has 9 heteroatoms. The summed E-state index contributed by atoms with van der Waals surface area (Å²) in [7, 11) is 3.67. The van der Waals surface area contributed by atoms with Gasteiger partial charge < -0.3 is 10.3 Å². The average Bonchev–Trinajstić information content (AvgIpc) is 3.26. The molecule has 0 amide bonds. The highest BCUT2D eigenvalue weighted by atomic mass is 32.2. The summed E-state index contributed by atoms with van der Waals surface area (Å²) in [5.74, 6) is 1.68. The summed E-state index contributed by atoms with van der Waals surface area (Å²) in [6.45, 7) is 4.07. The normalized spacial score (nSPS) is 18.2. The Morgan fingerprint density at radius 2 is 1.92 bits per heavy atom. The van der Waals surface area contributed by atoms with Crippen molar-refractivity contribution in [3.8, 4) is 0 Å². The summed E-state index contributed by atoms with van der Waals surface area (Å²) >= 11 is 1.49. The van der Waals surface area contributed by atoms with E-state index in [1.54, 1.807) is 5.01 Å². The van der Waals surface area contributed by atoms with E-state index in [2.05, 4.69) is 51.5 Å². The summed E-state index contributed by atoms with van der Waals surface area (Å²) in [4.78, 5) is 13.5. The van der Waals surface area contributed by atoms with Crippen LogP contribution in [0.4, 0.5) is 5.82 Å². The Morgan fingerprint density at radius 3 is 2.64 bits per heavy atom. The molecule has 0 atom stereocenters. The van der Waals surface area contributed by atoms with Crippen LogP contribution in [0.15, 0.2) is 65.4 Å². The predicted molar refractivity (Wildman–Crippen MR) is 150 cm³/mol. The summed E-state index contributed by atoms with van der Waals surface area (Å²) in [5.41, 5.74) is 4.50. The number of hydrogen-bond donors (Lipinski definition) is 3. The number of nitrogens with zero attached hydrogens (tertiary/aromatic N) is 5. The number of benzene rings is 2. The summed E-state index contributed by atoms with van der Waals surface area (Å²) in [6, 6.07) is 16.9. The van der Waals surface area contributed by atoms with E-state index < -0.39 is 0 Å². The largest absolute Gasteiger partial charge is 0.367 e. The van der Waals surface area contributed by atoms with Gasteiger partial charge in [0.2, 0.25) is 0 Å². The first-order chi connectivity index (χ1) is 17.5. The Morgan fingerprint density at radius 1 is 1.14 bits per heavy atom. The maximum atomic E-state index is 5.83. The molecule has 0 spiro atoms. The molecule has 5 rings (SSSR count). The van der Waals surface area contributed by atoms with Gasteiger partial charge in [0.1, 0.15) is 17.3 Å². The number of rotatable bonds is 8. The minimum Gasteiger partial charge on any atom is -0.367 e. The van der Waals surface area contributed by atoms with Crippen molar-refractivity contribution in [2.75, 3.05) is 19.4 Å². The van der Waals surface area contributed by atoms with Gasteiger partial charge in [-0.3, -0.25) is 10.1 Å². The molecule has 4 N–H and O–H groups in total. The molecule has 2 heterocycles. The van der Waals surface area contributed by atoms with Crippen molar-refractivity contribution in [1.29, 1.82) is 0 Å². The van der Waals surface area contributed by atoms with Gasteiger partial charge in [0.25, 0.3) is 0 Å². The van der Waals surface area contributed by atoms with Gasteiger partial charge in [-0.1, -0.05) is 66.2 Å². The molecule has 0 radical (unpaired) electrons. The molecular weight excluding hydrogens is 468 g/mol. The third kappa shape index (κ3) is 5.37. The maximum Gasteiger partial charge on any atom is 0.144 e. The summed E-state index contributed by atoms with van der Waals surface area (Å²) in [6.07, 6.45) is 5.06. The molecule has 8 nitrogen and oxygen atoms in total. The van der Waals surface area contributed by atoms with Crippen molar-refractivity contribution >= 4 is 45.4 Å². The number of H-pyrrole nitrogens is 1. The zero-order valence-corrected chi connectivity index (χ0v) is 21.6. The lowest BCUT2D eigenvalue weighted by molar-refractivity contribution is 0.409. The minimum absolute atomic E-state index is 0.367. The standard InChI is InChI=1S/C27H32N8S/c1-17(33-34-35(2)3)19-9-14-22-23(16-19)30-27-25(22)26(29-20-10-12-21(36-28)13-11-20)31-24(32-27)15-18-7-5-4-6-8-18/h4-9,14,16,20-21H,1,10-13,15,28H2,2-3H3,(H2,29,30,31,32)/b34-33-. The molecule has 4 aromatic rings. The molecule has 2 aromatic heterocycles. The van der Waals surface area contributed by atoms with Crippen molar-refractivity contribution < 1.29 is 0 Å². The number of anilines is 1. The van der Waals surface area contributed by atoms with Crippen LogP contribution in [-0.2, 0) is 6.42 Å². The van der Waals surface area contributed by atoms with Crippen LogP contribution in [0.1, 0.15) is 42.6 Å². The first-order valence-electron chi connectivity index (χ1n) is 12.3. The summed E-state index contributed by atoms with van der Waals surface area (Å²) in [5, 5.41) is 22.2. The third-order valence-corrected chi connectivity index (χ3v) is 7.44. The van der Waals surface area contributed by atoms with E-state index >= 15 is 0 Å². The second-order valence-electron chi connectivity index (χ2n) is 9.50. The lowest BCUT2D eigenvalue weighted by Gasteiger charge is -2.28. The van der Waals surface area contributed by atoms with Gasteiger partial charge >= 0.3 is 0 Å². The van der Waals surface area contributed by atoms with Gasteiger partial charge in [-0.15, -0.1) is 5.11 Å². The first-order valence-corrected chi connectivity index (χ1v) is 13.2. The van der Waals surface area contributed by atoms with Gasteiger partial charge in [0.05, 0.1) is 11.1 Å². The Kier molecular flexibility index (Phi) is 7.20. The van der Waals surface area contributed by atoms with E-state index in [1.165, 1.54) is 17.5 Å². The molecule has 1 aliphatic rings. The van der Waals surface area contributed by atoms with Crippen LogP contribution in [0, 0.1) is 0 Å². The molecule has 1 fully saturated rings. The Balaban J connectivity index is 1.54. The molecular formula is C27H32N8S. The number of aromatic amines is 1. The molecule has 1 aliphatic carbocycles. The molecule has 0 unspecified atom stereocenters. The fourth-order valence-electron chi connectivity index (χ4n) is 4.73. The molecule has 36 heavy (non-hydrogen) atoms. The van der Waals surface area contributed by atoms with Gasteiger partial charge in [0, 0.05) is 48.3 Å². The van der Waals surface area contributed by atoms with Crippen LogP contribution < -0.4 is 10.5 Å². The first kappa shape index (κ1) is 24.3. The van der Waals surface area contributed by atoms with Gasteiger partial charge in [-0.05, 0) is 37.3 Å². The van der Waals surface area contributed by atoms with E-state index in [-0.39, 0.29) is 0 Å². The lowest BCUT2D eigenvalue weighted by atomic mass is 9.95. The van der Waals surface area contributed by atoms with Crippen molar-refractivity contribution in [3.05, 3.63) is 72.1 Å². The van der Waals surface area contributed by atoms with Crippen LogP contribution in [0.3, 0.4) is 0 Å². The number of aromatic nitrogens is 3. The van der Waals surface area contributed by atoms with Crippen LogP contribution in [-0.4, -0.2) is 45.3 Å². The molecule has 186 valence electrons. The maximum absolute atomic E-state index is 5.83. The Hall–Kier alpha value is -3.43. The van der Waals surface area contributed by atoms with Crippen LogP contribution in [0.25, 0.3) is 27.6 Å². The average molecular weight is 501 g/mol. The third-order valence-electron chi connectivity index (χ3n) is 6.59. The number of nitrogens with one attached hydrogen (secondary N) is 2. The fraction of sp³-hybridized carbons (Fsp3) is 0.333. The second-order valence-corrected chi connectivity index (χ2v) is 10.4. The zero-order valence-electron chi connectivity index (χ0n) is 20.7. The molecule has 0 aliphatic heterocycles. The Bertz CT molecular complexity index is 1390.